The van der Waals surface area contributed by atoms with Gasteiger partial charge >= 0.3 is 0 Å². The zero-order valence-electron chi connectivity index (χ0n) is 18.4. The Balaban J connectivity index is 1.31. The van der Waals surface area contributed by atoms with E-state index in [2.05, 4.69) is 25.9 Å². The first-order valence-corrected chi connectivity index (χ1v) is 11.6. The molecule has 0 aliphatic carbocycles. The van der Waals surface area contributed by atoms with Crippen molar-refractivity contribution in [2.75, 3.05) is 5.32 Å². The van der Waals surface area contributed by atoms with E-state index in [1.807, 2.05) is 19.2 Å². The quantitative estimate of drug-likeness (QED) is 0.533. The molecule has 12 heteroatoms. The van der Waals surface area contributed by atoms with Crippen molar-refractivity contribution >= 4 is 40.1 Å². The summed E-state index contributed by atoms with van der Waals surface area (Å²) in [6.45, 7) is 4.31. The number of hydrogen-bond donors (Lipinski definition) is 2. The van der Waals surface area contributed by atoms with E-state index in [-0.39, 0.29) is 36.4 Å². The highest BCUT2D eigenvalue weighted by Gasteiger charge is 2.39. The molecule has 0 saturated carbocycles. The van der Waals surface area contributed by atoms with Crippen LogP contribution >= 0.6 is 11.3 Å². The second-order valence-electron chi connectivity index (χ2n) is 8.48. The molecule has 2 N–H and O–H groups in total. The van der Waals surface area contributed by atoms with Crippen LogP contribution in [-0.4, -0.2) is 54.5 Å². The van der Waals surface area contributed by atoms with Gasteiger partial charge in [-0.3, -0.25) is 29.8 Å². The molecule has 0 spiro atoms. The lowest BCUT2D eigenvalue weighted by atomic mass is 10.0. The predicted molar refractivity (Wildman–Crippen MR) is 122 cm³/mol. The number of imide groups is 1. The smallest absolute Gasteiger partial charge is 0.279 e. The molecule has 0 radical (unpaired) electrons. The molecular weight excluding hydrogens is 458 g/mol. The number of nitrogens with one attached hydrogen (secondary N) is 2. The number of benzene rings is 1. The SMILES string of the molecule is CC(C)c1csc(NC(=O)c2cn(-c3ccc4c(c3)CN(C3CCC(=O)NC3=O)C4=O)nn2)n1. The van der Waals surface area contributed by atoms with Crippen LogP contribution in [-0.2, 0) is 16.1 Å². The minimum atomic E-state index is -0.676. The van der Waals surface area contributed by atoms with Crippen LogP contribution in [0.1, 0.15) is 64.7 Å². The monoisotopic (exact) mass is 479 g/mol. The summed E-state index contributed by atoms with van der Waals surface area (Å²) in [7, 11) is 0. The molecule has 4 amide bonds. The highest BCUT2D eigenvalue weighted by atomic mass is 32.1. The van der Waals surface area contributed by atoms with Gasteiger partial charge in [0.1, 0.15) is 6.04 Å². The number of anilines is 1. The number of fused-ring (bicyclic) bond motifs is 1. The maximum Gasteiger partial charge on any atom is 0.279 e. The standard InChI is InChI=1S/C22H21N7O4S/c1-11(2)16-10-34-22(23-16)25-19(31)15-9-29(27-26-15)13-3-4-14-12(7-13)8-28(21(14)33)17-5-6-18(30)24-20(17)32/h3-4,7,9-11,17H,5-6,8H2,1-2H3,(H,23,25,31)(H,24,30,32). The molecule has 1 aromatic carbocycles. The molecule has 1 fully saturated rings. The van der Waals surface area contributed by atoms with Crippen molar-refractivity contribution in [3.63, 3.8) is 0 Å². The number of carbonyl (C=O) groups is 4. The first-order chi connectivity index (χ1) is 16.3. The maximum atomic E-state index is 12.8. The molecule has 1 unspecified atom stereocenters. The molecule has 174 valence electrons. The number of piperidine rings is 1. The van der Waals surface area contributed by atoms with Crippen molar-refractivity contribution in [2.45, 2.75) is 45.2 Å². The Morgan fingerprint density at radius 3 is 2.82 bits per heavy atom. The maximum absolute atomic E-state index is 12.8. The van der Waals surface area contributed by atoms with Gasteiger partial charge in [0, 0.05) is 23.9 Å². The number of hydrogen-bond acceptors (Lipinski definition) is 8. The van der Waals surface area contributed by atoms with Crippen LogP contribution in [0.3, 0.4) is 0 Å². The molecule has 2 aromatic heterocycles. The molecule has 3 aromatic rings. The van der Waals surface area contributed by atoms with Gasteiger partial charge in [0.05, 0.1) is 17.6 Å². The summed E-state index contributed by atoms with van der Waals surface area (Å²) in [5, 5.41) is 15.4. The van der Waals surface area contributed by atoms with E-state index in [4.69, 9.17) is 0 Å². The van der Waals surface area contributed by atoms with E-state index in [0.717, 1.165) is 11.3 Å². The summed E-state index contributed by atoms with van der Waals surface area (Å²) in [6, 6.07) is 4.48. The Hall–Kier alpha value is -3.93. The summed E-state index contributed by atoms with van der Waals surface area (Å²) in [5.74, 6) is -1.19. The first-order valence-electron chi connectivity index (χ1n) is 10.8. The number of amides is 4. The Morgan fingerprint density at radius 1 is 1.26 bits per heavy atom. The molecule has 4 heterocycles. The second kappa shape index (κ2) is 8.45. The molecule has 2 aliphatic rings. The average molecular weight is 480 g/mol. The van der Waals surface area contributed by atoms with Gasteiger partial charge in [-0.1, -0.05) is 19.1 Å². The van der Waals surface area contributed by atoms with Gasteiger partial charge in [-0.05, 0) is 36.1 Å². The van der Waals surface area contributed by atoms with E-state index in [1.54, 1.807) is 18.2 Å². The third kappa shape index (κ3) is 3.96. The first kappa shape index (κ1) is 21.9. The summed E-state index contributed by atoms with van der Waals surface area (Å²) in [4.78, 5) is 54.9. The molecule has 2 aliphatic heterocycles. The second-order valence-corrected chi connectivity index (χ2v) is 9.33. The Labute approximate surface area is 198 Å². The molecule has 5 rings (SSSR count). The highest BCUT2D eigenvalue weighted by Crippen LogP contribution is 2.29. The Kier molecular flexibility index (Phi) is 5.44. The topological polar surface area (TPSA) is 139 Å². The largest absolute Gasteiger partial charge is 0.322 e. The van der Waals surface area contributed by atoms with Gasteiger partial charge in [0.25, 0.3) is 11.8 Å². The van der Waals surface area contributed by atoms with Crippen molar-refractivity contribution in [3.05, 3.63) is 52.3 Å². The molecular formula is C22H21N7O4S. The highest BCUT2D eigenvalue weighted by molar-refractivity contribution is 7.14. The van der Waals surface area contributed by atoms with E-state index in [0.29, 0.717) is 22.8 Å². The van der Waals surface area contributed by atoms with Crippen molar-refractivity contribution in [2.24, 2.45) is 0 Å². The predicted octanol–water partition coefficient (Wildman–Crippen LogP) is 1.86. The van der Waals surface area contributed by atoms with Gasteiger partial charge < -0.3 is 4.90 Å². The van der Waals surface area contributed by atoms with Crippen LogP contribution in [0.4, 0.5) is 5.13 Å². The zero-order chi connectivity index (χ0) is 24.0. The molecule has 1 atom stereocenters. The average Bonchev–Trinajstić information content (AvgIpc) is 3.53. The number of rotatable bonds is 5. The van der Waals surface area contributed by atoms with Gasteiger partial charge in [0.2, 0.25) is 11.8 Å². The fourth-order valence-corrected chi connectivity index (χ4v) is 4.83. The van der Waals surface area contributed by atoms with Crippen LogP contribution in [0.15, 0.2) is 29.8 Å². The number of nitrogens with zero attached hydrogens (tertiary/aromatic N) is 5. The van der Waals surface area contributed by atoms with Crippen molar-refractivity contribution in [3.8, 4) is 5.69 Å². The third-order valence-electron chi connectivity index (χ3n) is 5.83. The molecule has 34 heavy (non-hydrogen) atoms. The Bertz CT molecular complexity index is 1330. The fraction of sp³-hybridized carbons (Fsp3) is 0.318. The lowest BCUT2D eigenvalue weighted by Crippen LogP contribution is -2.52. The zero-order valence-corrected chi connectivity index (χ0v) is 19.3. The normalized spacial score (nSPS) is 17.8. The molecule has 1 saturated heterocycles. The van der Waals surface area contributed by atoms with Crippen molar-refractivity contribution < 1.29 is 19.2 Å². The van der Waals surface area contributed by atoms with Crippen LogP contribution < -0.4 is 10.6 Å². The van der Waals surface area contributed by atoms with Crippen LogP contribution in [0.5, 0.6) is 0 Å². The van der Waals surface area contributed by atoms with Crippen LogP contribution in [0.2, 0.25) is 0 Å². The van der Waals surface area contributed by atoms with E-state index >= 15 is 0 Å². The molecule has 11 nitrogen and oxygen atoms in total. The summed E-state index contributed by atoms with van der Waals surface area (Å²) >= 11 is 1.35. The summed E-state index contributed by atoms with van der Waals surface area (Å²) < 4.78 is 1.45. The minimum Gasteiger partial charge on any atom is -0.322 e. The van der Waals surface area contributed by atoms with Crippen LogP contribution in [0.25, 0.3) is 5.69 Å². The summed E-state index contributed by atoms with van der Waals surface area (Å²) in [6.07, 6.45) is 2.00. The van der Waals surface area contributed by atoms with E-state index < -0.39 is 17.9 Å². The fourth-order valence-electron chi connectivity index (χ4n) is 3.97. The lowest BCUT2D eigenvalue weighted by Gasteiger charge is -2.29. The number of carbonyl (C=O) groups excluding carboxylic acids is 4. The summed E-state index contributed by atoms with van der Waals surface area (Å²) in [5.41, 5.74) is 2.89. The third-order valence-corrected chi connectivity index (χ3v) is 6.61. The number of aromatic nitrogens is 4. The van der Waals surface area contributed by atoms with E-state index in [9.17, 15) is 19.2 Å². The minimum absolute atomic E-state index is 0.128. The van der Waals surface area contributed by atoms with Gasteiger partial charge in [-0.15, -0.1) is 16.4 Å². The lowest BCUT2D eigenvalue weighted by molar-refractivity contribution is -0.136. The van der Waals surface area contributed by atoms with E-state index in [1.165, 1.54) is 27.1 Å². The van der Waals surface area contributed by atoms with Gasteiger partial charge in [0.15, 0.2) is 10.8 Å². The van der Waals surface area contributed by atoms with Crippen molar-refractivity contribution in [1.82, 2.24) is 30.2 Å². The Morgan fingerprint density at radius 2 is 2.09 bits per heavy atom. The van der Waals surface area contributed by atoms with Gasteiger partial charge in [-0.25, -0.2) is 9.67 Å². The van der Waals surface area contributed by atoms with Crippen molar-refractivity contribution in [1.29, 1.82) is 0 Å². The number of thiazole rings is 1. The van der Waals surface area contributed by atoms with Crippen LogP contribution in [0, 0.1) is 0 Å². The van der Waals surface area contributed by atoms with Gasteiger partial charge in [-0.2, -0.15) is 0 Å². The molecule has 0 bridgehead atoms.